The van der Waals surface area contributed by atoms with E-state index in [4.69, 9.17) is 0 Å². The highest BCUT2D eigenvalue weighted by Gasteiger charge is 2.22. The maximum Gasteiger partial charge on any atom is 0.142 e. The van der Waals surface area contributed by atoms with E-state index in [9.17, 15) is 0 Å². The molecule has 0 aliphatic heterocycles. The van der Waals surface area contributed by atoms with Gasteiger partial charge in [-0.1, -0.05) is 127 Å². The van der Waals surface area contributed by atoms with E-state index in [0.717, 1.165) is 5.69 Å². The Labute approximate surface area is 262 Å². The summed E-state index contributed by atoms with van der Waals surface area (Å²) in [6.07, 6.45) is 0. The van der Waals surface area contributed by atoms with E-state index < -0.39 is 0 Å². The fraction of sp³-hybridized carbons (Fsp3) is 0. The first-order chi connectivity index (χ1) is 22.3. The van der Waals surface area contributed by atoms with Gasteiger partial charge in [-0.25, -0.2) is 0 Å². The second-order valence-corrected chi connectivity index (χ2v) is 11.9. The summed E-state index contributed by atoms with van der Waals surface area (Å²) in [4.78, 5) is 0. The van der Waals surface area contributed by atoms with Gasteiger partial charge in [0, 0.05) is 38.4 Å². The molecule has 0 N–H and O–H groups in total. The van der Waals surface area contributed by atoms with E-state index in [1.54, 1.807) is 0 Å². The van der Waals surface area contributed by atoms with Gasteiger partial charge in [-0.3, -0.25) is 0 Å². The number of fused-ring (bicyclic) bond motifs is 7. The SMILES string of the molecule is Bc1cc2c3ccccc3n(-c3cc(-c4ccccc4)cc(-c4ccccc4)c3)c2c2c3ccccc3n(-c3ccccc3)c12. The molecule has 0 radical (unpaired) electrons. The molecule has 210 valence electrons. The highest BCUT2D eigenvalue weighted by Crippen LogP contribution is 2.42. The molecule has 0 bridgehead atoms. The molecular formula is C42H29BN2. The van der Waals surface area contributed by atoms with Crippen LogP contribution < -0.4 is 5.46 Å². The number of rotatable bonds is 4. The topological polar surface area (TPSA) is 9.86 Å². The smallest absolute Gasteiger partial charge is 0.142 e. The van der Waals surface area contributed by atoms with E-state index in [2.05, 4.69) is 181 Å². The molecule has 0 atom stereocenters. The third-order valence-electron chi connectivity index (χ3n) is 9.16. The van der Waals surface area contributed by atoms with Crippen LogP contribution in [-0.4, -0.2) is 17.0 Å². The van der Waals surface area contributed by atoms with Crippen LogP contribution in [0.2, 0.25) is 0 Å². The maximum atomic E-state index is 2.51. The molecule has 0 saturated carbocycles. The molecular weight excluding hydrogens is 543 g/mol. The van der Waals surface area contributed by atoms with Crippen LogP contribution in [0.5, 0.6) is 0 Å². The molecule has 0 spiro atoms. The average Bonchev–Trinajstić information content (AvgIpc) is 3.63. The van der Waals surface area contributed by atoms with Gasteiger partial charge < -0.3 is 9.13 Å². The summed E-state index contributed by atoms with van der Waals surface area (Å²) in [6.45, 7) is 0. The molecule has 2 nitrogen and oxygen atoms in total. The number of benzene rings is 7. The summed E-state index contributed by atoms with van der Waals surface area (Å²) in [5, 5.41) is 5.09. The summed E-state index contributed by atoms with van der Waals surface area (Å²) < 4.78 is 4.95. The Bertz CT molecular complexity index is 2470. The van der Waals surface area contributed by atoms with Crippen molar-refractivity contribution in [2.75, 3.05) is 0 Å². The molecule has 0 fully saturated rings. The molecule has 0 amide bonds. The maximum absolute atomic E-state index is 2.51. The van der Waals surface area contributed by atoms with Crippen molar-refractivity contribution in [3.8, 4) is 33.6 Å². The second-order valence-electron chi connectivity index (χ2n) is 11.9. The predicted octanol–water partition coefficient (Wildman–Crippen LogP) is 9.47. The van der Waals surface area contributed by atoms with Gasteiger partial charge in [-0.2, -0.15) is 0 Å². The number of hydrogen-bond acceptors (Lipinski definition) is 0. The second kappa shape index (κ2) is 10.1. The normalized spacial score (nSPS) is 11.6. The highest BCUT2D eigenvalue weighted by molar-refractivity contribution is 6.44. The van der Waals surface area contributed by atoms with Gasteiger partial charge in [0.2, 0.25) is 0 Å². The average molecular weight is 573 g/mol. The van der Waals surface area contributed by atoms with Gasteiger partial charge in [0.05, 0.1) is 16.6 Å². The largest absolute Gasteiger partial charge is 0.310 e. The molecule has 0 aliphatic carbocycles. The Morgan fingerprint density at radius 1 is 0.356 bits per heavy atom. The van der Waals surface area contributed by atoms with Crippen LogP contribution in [0.4, 0.5) is 0 Å². The zero-order chi connectivity index (χ0) is 29.9. The molecule has 0 aliphatic rings. The van der Waals surface area contributed by atoms with E-state index in [0.29, 0.717) is 0 Å². The summed E-state index contributed by atoms with van der Waals surface area (Å²) in [5.41, 5.74) is 13.3. The molecule has 2 aromatic heterocycles. The van der Waals surface area contributed by atoms with Gasteiger partial charge in [-0.05, 0) is 64.7 Å². The van der Waals surface area contributed by atoms with Crippen molar-refractivity contribution in [1.82, 2.24) is 9.13 Å². The number of aromatic nitrogens is 2. The van der Waals surface area contributed by atoms with E-state index in [-0.39, 0.29) is 0 Å². The fourth-order valence-corrected chi connectivity index (χ4v) is 7.24. The Hall–Kier alpha value is -5.80. The van der Waals surface area contributed by atoms with Crippen molar-refractivity contribution >= 4 is 56.9 Å². The van der Waals surface area contributed by atoms with Crippen LogP contribution in [0.15, 0.2) is 164 Å². The lowest BCUT2D eigenvalue weighted by Gasteiger charge is -2.15. The lowest BCUT2D eigenvalue weighted by molar-refractivity contribution is 1.18. The summed E-state index contributed by atoms with van der Waals surface area (Å²) in [7, 11) is 2.26. The Morgan fingerprint density at radius 2 is 0.844 bits per heavy atom. The molecule has 0 saturated heterocycles. The van der Waals surface area contributed by atoms with Gasteiger partial charge >= 0.3 is 0 Å². The van der Waals surface area contributed by atoms with Gasteiger partial charge in [0.25, 0.3) is 0 Å². The zero-order valence-electron chi connectivity index (χ0n) is 25.0. The lowest BCUT2D eigenvalue weighted by atomic mass is 9.90. The Kier molecular flexibility index (Phi) is 5.79. The first kappa shape index (κ1) is 25.7. The van der Waals surface area contributed by atoms with Crippen LogP contribution in [0, 0.1) is 0 Å². The molecule has 2 heterocycles. The monoisotopic (exact) mass is 572 g/mol. The van der Waals surface area contributed by atoms with Crippen molar-refractivity contribution in [2.45, 2.75) is 0 Å². The van der Waals surface area contributed by atoms with E-state index >= 15 is 0 Å². The van der Waals surface area contributed by atoms with Crippen LogP contribution in [0.25, 0.3) is 77.2 Å². The van der Waals surface area contributed by atoms with Crippen molar-refractivity contribution in [3.63, 3.8) is 0 Å². The standard InChI is InChI=1S/C42H29BN2/c43-37-27-36-34-20-10-12-22-38(34)45(33-25-30(28-14-4-1-5-15-28)24-31(26-33)29-16-6-2-7-17-29)41(36)40-35-21-11-13-23-39(35)44(42(37)40)32-18-8-3-9-19-32/h1-27H,43H2. The fourth-order valence-electron chi connectivity index (χ4n) is 7.24. The number of nitrogens with zero attached hydrogens (tertiary/aromatic N) is 2. The summed E-state index contributed by atoms with van der Waals surface area (Å²) >= 11 is 0. The minimum Gasteiger partial charge on any atom is -0.310 e. The third kappa shape index (κ3) is 3.98. The highest BCUT2D eigenvalue weighted by atomic mass is 15.0. The van der Waals surface area contributed by atoms with Crippen LogP contribution in [0.1, 0.15) is 0 Å². The van der Waals surface area contributed by atoms with Crippen LogP contribution >= 0.6 is 0 Å². The van der Waals surface area contributed by atoms with Crippen molar-refractivity contribution < 1.29 is 0 Å². The molecule has 45 heavy (non-hydrogen) atoms. The summed E-state index contributed by atoms with van der Waals surface area (Å²) in [5.74, 6) is 0. The van der Waals surface area contributed by atoms with E-state index in [1.165, 1.54) is 77.0 Å². The van der Waals surface area contributed by atoms with Crippen LogP contribution in [0.3, 0.4) is 0 Å². The Balaban J connectivity index is 1.48. The van der Waals surface area contributed by atoms with Crippen LogP contribution in [-0.2, 0) is 0 Å². The number of para-hydroxylation sites is 3. The third-order valence-corrected chi connectivity index (χ3v) is 9.16. The molecule has 9 rings (SSSR count). The first-order valence-electron chi connectivity index (χ1n) is 15.5. The first-order valence-corrected chi connectivity index (χ1v) is 15.5. The number of hydrogen-bond donors (Lipinski definition) is 0. The van der Waals surface area contributed by atoms with Gasteiger partial charge in [-0.15, -0.1) is 0 Å². The van der Waals surface area contributed by atoms with Crippen molar-refractivity contribution in [1.29, 1.82) is 0 Å². The molecule has 7 aromatic carbocycles. The van der Waals surface area contributed by atoms with Crippen molar-refractivity contribution in [2.24, 2.45) is 0 Å². The molecule has 0 unspecified atom stereocenters. The van der Waals surface area contributed by atoms with Crippen molar-refractivity contribution in [3.05, 3.63) is 164 Å². The van der Waals surface area contributed by atoms with Gasteiger partial charge in [0.1, 0.15) is 7.85 Å². The minimum absolute atomic E-state index is 1.16. The lowest BCUT2D eigenvalue weighted by Crippen LogP contribution is -2.09. The summed E-state index contributed by atoms with van der Waals surface area (Å²) in [6, 6.07) is 59.4. The molecule has 3 heteroatoms. The quantitative estimate of drug-likeness (QED) is 0.186. The van der Waals surface area contributed by atoms with E-state index in [1.807, 2.05) is 0 Å². The predicted molar refractivity (Wildman–Crippen MR) is 194 cm³/mol. The molecule has 9 aromatic rings. The zero-order valence-corrected chi connectivity index (χ0v) is 25.0. The Morgan fingerprint density at radius 3 is 1.47 bits per heavy atom. The minimum atomic E-state index is 1.16. The van der Waals surface area contributed by atoms with Gasteiger partial charge in [0.15, 0.2) is 0 Å².